The van der Waals surface area contributed by atoms with Crippen molar-refractivity contribution in [2.45, 2.75) is 43.9 Å². The van der Waals surface area contributed by atoms with E-state index in [0.717, 1.165) is 31.2 Å². The molecule has 1 aromatic carbocycles. The molecule has 3 nitrogen and oxygen atoms in total. The van der Waals surface area contributed by atoms with Gasteiger partial charge in [0, 0.05) is 6.04 Å². The van der Waals surface area contributed by atoms with E-state index in [0.29, 0.717) is 5.92 Å². The van der Waals surface area contributed by atoms with E-state index in [9.17, 15) is 8.78 Å². The smallest absolute Gasteiger partial charge is 0.395 e. The number of fused-ring (bicyclic) bond motifs is 1. The maximum atomic E-state index is 12.9. The average molecular weight is 255 g/mol. The second-order valence-corrected chi connectivity index (χ2v) is 4.99. The van der Waals surface area contributed by atoms with Crippen molar-refractivity contribution < 1.29 is 18.3 Å². The number of alkyl halides is 2. The summed E-state index contributed by atoms with van der Waals surface area (Å²) in [6.45, 7) is 0. The van der Waals surface area contributed by atoms with Gasteiger partial charge in [0.05, 0.1) is 0 Å². The summed E-state index contributed by atoms with van der Waals surface area (Å²) in [6.07, 6.45) is 0.425. The fraction of sp³-hybridized carbons (Fsp3) is 0.538. The average Bonchev–Trinajstić information content (AvgIpc) is 2.62. The lowest BCUT2D eigenvalue weighted by Crippen LogP contribution is -2.26. The lowest BCUT2D eigenvalue weighted by Gasteiger charge is -2.26. The van der Waals surface area contributed by atoms with Gasteiger partial charge < -0.3 is 15.2 Å². The molecule has 18 heavy (non-hydrogen) atoms. The molecule has 1 aliphatic carbocycles. The molecule has 1 fully saturated rings. The SMILES string of the molecule is NC1CCC(c2ccc3c(c2)OC(F)(F)O3)CC1. The molecule has 0 aromatic heterocycles. The van der Waals surface area contributed by atoms with Crippen LogP contribution in [0, 0.1) is 0 Å². The van der Waals surface area contributed by atoms with Gasteiger partial charge in [-0.25, -0.2) is 0 Å². The van der Waals surface area contributed by atoms with Crippen LogP contribution >= 0.6 is 0 Å². The molecule has 98 valence electrons. The van der Waals surface area contributed by atoms with E-state index in [4.69, 9.17) is 5.73 Å². The zero-order valence-electron chi connectivity index (χ0n) is 9.86. The van der Waals surface area contributed by atoms with Gasteiger partial charge in [0.2, 0.25) is 0 Å². The van der Waals surface area contributed by atoms with Crippen LogP contribution < -0.4 is 15.2 Å². The molecule has 0 unspecified atom stereocenters. The maximum Gasteiger partial charge on any atom is 0.586 e. The molecule has 1 aromatic rings. The van der Waals surface area contributed by atoms with E-state index >= 15 is 0 Å². The van der Waals surface area contributed by atoms with Crippen LogP contribution in [0.5, 0.6) is 11.5 Å². The van der Waals surface area contributed by atoms with Crippen molar-refractivity contribution in [1.82, 2.24) is 0 Å². The second kappa shape index (κ2) is 4.09. The molecule has 0 atom stereocenters. The molecule has 0 spiro atoms. The molecule has 2 N–H and O–H groups in total. The Balaban J connectivity index is 1.80. The topological polar surface area (TPSA) is 44.5 Å². The zero-order chi connectivity index (χ0) is 12.8. The molecule has 1 aliphatic heterocycles. The van der Waals surface area contributed by atoms with Crippen molar-refractivity contribution in [3.63, 3.8) is 0 Å². The van der Waals surface area contributed by atoms with E-state index in [1.54, 1.807) is 12.1 Å². The Kier molecular flexibility index (Phi) is 2.66. The first-order valence-electron chi connectivity index (χ1n) is 6.19. The summed E-state index contributed by atoms with van der Waals surface area (Å²) in [5.74, 6) is 0.622. The summed E-state index contributed by atoms with van der Waals surface area (Å²) in [5, 5.41) is 0. The van der Waals surface area contributed by atoms with Crippen LogP contribution in [0.25, 0.3) is 0 Å². The third-order valence-corrected chi connectivity index (χ3v) is 3.67. The van der Waals surface area contributed by atoms with Crippen LogP contribution in [0.15, 0.2) is 18.2 Å². The minimum atomic E-state index is -3.53. The van der Waals surface area contributed by atoms with Crippen LogP contribution in [0.3, 0.4) is 0 Å². The lowest BCUT2D eigenvalue weighted by atomic mass is 9.82. The van der Waals surface area contributed by atoms with Gasteiger partial charge in [-0.2, -0.15) is 0 Å². The minimum absolute atomic E-state index is 0.108. The highest BCUT2D eigenvalue weighted by molar-refractivity contribution is 5.46. The van der Waals surface area contributed by atoms with Crippen LogP contribution in [0.1, 0.15) is 37.2 Å². The first-order valence-corrected chi connectivity index (χ1v) is 6.19. The van der Waals surface area contributed by atoms with Gasteiger partial charge in [0.15, 0.2) is 11.5 Å². The first kappa shape index (κ1) is 11.7. The lowest BCUT2D eigenvalue weighted by molar-refractivity contribution is -0.286. The molecule has 5 heteroatoms. The van der Waals surface area contributed by atoms with E-state index in [1.807, 2.05) is 6.07 Å². The molecule has 1 heterocycles. The van der Waals surface area contributed by atoms with Crippen LogP contribution in [-0.4, -0.2) is 12.3 Å². The van der Waals surface area contributed by atoms with E-state index in [-0.39, 0.29) is 17.5 Å². The van der Waals surface area contributed by atoms with Crippen molar-refractivity contribution in [2.75, 3.05) is 0 Å². The summed E-state index contributed by atoms with van der Waals surface area (Å²) in [5.41, 5.74) is 6.89. The number of rotatable bonds is 1. The molecule has 0 radical (unpaired) electrons. The quantitative estimate of drug-likeness (QED) is 0.839. The second-order valence-electron chi connectivity index (χ2n) is 4.99. The molecular weight excluding hydrogens is 240 g/mol. The molecule has 3 rings (SSSR count). The third-order valence-electron chi connectivity index (χ3n) is 3.67. The number of ether oxygens (including phenoxy) is 2. The van der Waals surface area contributed by atoms with E-state index in [2.05, 4.69) is 9.47 Å². The van der Waals surface area contributed by atoms with E-state index in [1.165, 1.54) is 0 Å². The molecule has 2 aliphatic rings. The Bertz CT molecular complexity index is 456. The van der Waals surface area contributed by atoms with Crippen molar-refractivity contribution >= 4 is 0 Å². The van der Waals surface area contributed by atoms with Crippen LogP contribution in [0.4, 0.5) is 8.78 Å². The number of benzene rings is 1. The molecule has 1 saturated carbocycles. The Labute approximate surface area is 104 Å². The zero-order valence-corrected chi connectivity index (χ0v) is 9.86. The molecule has 0 bridgehead atoms. The highest BCUT2D eigenvalue weighted by Gasteiger charge is 2.43. The van der Waals surface area contributed by atoms with Crippen molar-refractivity contribution in [3.8, 4) is 11.5 Å². The van der Waals surface area contributed by atoms with Gasteiger partial charge in [-0.15, -0.1) is 8.78 Å². The van der Waals surface area contributed by atoms with Crippen molar-refractivity contribution in [3.05, 3.63) is 23.8 Å². The minimum Gasteiger partial charge on any atom is -0.395 e. The molecule has 0 amide bonds. The fourth-order valence-electron chi connectivity index (χ4n) is 2.67. The predicted molar refractivity (Wildman–Crippen MR) is 61.8 cm³/mol. The maximum absolute atomic E-state index is 12.9. The normalized spacial score (nSPS) is 29.3. The molecular formula is C13H15F2NO2. The summed E-state index contributed by atoms with van der Waals surface area (Å²) in [4.78, 5) is 0. The van der Waals surface area contributed by atoms with Gasteiger partial charge in [-0.3, -0.25) is 0 Å². The van der Waals surface area contributed by atoms with Crippen molar-refractivity contribution in [1.29, 1.82) is 0 Å². The number of halogens is 2. The van der Waals surface area contributed by atoms with E-state index < -0.39 is 6.29 Å². The highest BCUT2D eigenvalue weighted by atomic mass is 19.3. The number of hydrogen-bond donors (Lipinski definition) is 1. The largest absolute Gasteiger partial charge is 0.586 e. The predicted octanol–water partition coefficient (Wildman–Crippen LogP) is 2.99. The van der Waals surface area contributed by atoms with Crippen LogP contribution in [-0.2, 0) is 0 Å². The fourth-order valence-corrected chi connectivity index (χ4v) is 2.67. The van der Waals surface area contributed by atoms with Gasteiger partial charge in [-0.05, 0) is 49.3 Å². The van der Waals surface area contributed by atoms with Crippen molar-refractivity contribution in [2.24, 2.45) is 5.73 Å². The van der Waals surface area contributed by atoms with Crippen LogP contribution in [0.2, 0.25) is 0 Å². The summed E-state index contributed by atoms with van der Waals surface area (Å²) in [7, 11) is 0. The Hall–Kier alpha value is -1.36. The van der Waals surface area contributed by atoms with Gasteiger partial charge in [0.1, 0.15) is 0 Å². The monoisotopic (exact) mass is 255 g/mol. The Morgan fingerprint density at radius 1 is 1.06 bits per heavy atom. The summed E-state index contributed by atoms with van der Waals surface area (Å²) >= 11 is 0. The Morgan fingerprint density at radius 3 is 2.44 bits per heavy atom. The highest BCUT2D eigenvalue weighted by Crippen LogP contribution is 2.43. The number of hydrogen-bond acceptors (Lipinski definition) is 3. The first-order chi connectivity index (χ1) is 8.53. The summed E-state index contributed by atoms with van der Waals surface area (Å²) < 4.78 is 34.6. The number of nitrogens with two attached hydrogens (primary N) is 1. The van der Waals surface area contributed by atoms with Gasteiger partial charge in [0.25, 0.3) is 0 Å². The Morgan fingerprint density at radius 2 is 1.72 bits per heavy atom. The molecule has 0 saturated heterocycles. The van der Waals surface area contributed by atoms with Gasteiger partial charge >= 0.3 is 6.29 Å². The van der Waals surface area contributed by atoms with Gasteiger partial charge in [-0.1, -0.05) is 6.07 Å². The summed E-state index contributed by atoms with van der Waals surface area (Å²) in [6, 6.07) is 5.34. The third kappa shape index (κ3) is 2.14. The standard InChI is InChI=1S/C13H15F2NO2/c14-13(15)17-11-6-3-9(7-12(11)18-13)8-1-4-10(16)5-2-8/h3,6-8,10H,1-2,4-5,16H2.